The average Bonchev–Trinajstić information content (AvgIpc) is 2.56. The highest BCUT2D eigenvalue weighted by molar-refractivity contribution is 5.42. The maximum absolute atomic E-state index is 5.85. The van der Waals surface area contributed by atoms with E-state index >= 15 is 0 Å². The zero-order chi connectivity index (χ0) is 15.4. The Morgan fingerprint density at radius 2 is 2.23 bits per heavy atom. The number of nitrogens with one attached hydrogen (secondary N) is 1. The van der Waals surface area contributed by atoms with Gasteiger partial charge in [0.05, 0.1) is 24.2 Å². The Kier molecular flexibility index (Phi) is 4.60. The van der Waals surface area contributed by atoms with Gasteiger partial charge in [0.25, 0.3) is 0 Å². The van der Waals surface area contributed by atoms with Gasteiger partial charge in [0.15, 0.2) is 0 Å². The van der Waals surface area contributed by atoms with Crippen LogP contribution in [0.1, 0.15) is 23.1 Å². The van der Waals surface area contributed by atoms with Crippen molar-refractivity contribution in [3.05, 3.63) is 47.7 Å². The minimum absolute atomic E-state index is 0.0171. The molecule has 6 heteroatoms. The molecule has 1 aliphatic rings. The third-order valence-corrected chi connectivity index (χ3v) is 3.80. The van der Waals surface area contributed by atoms with E-state index in [0.717, 1.165) is 36.8 Å². The monoisotopic (exact) mass is 299 g/mol. The number of pyridine rings is 1. The second-order valence-electron chi connectivity index (χ2n) is 5.44. The number of nitrogens with zero attached hydrogens (tertiary/aromatic N) is 4. The van der Waals surface area contributed by atoms with Crippen LogP contribution < -0.4 is 5.32 Å². The SMILES string of the molecule is CNc1ncccc1CN1CCOC(c2cnc(C)cn2)C1. The van der Waals surface area contributed by atoms with Crippen molar-refractivity contribution in [1.82, 2.24) is 19.9 Å². The normalized spacial score (nSPS) is 19.1. The molecule has 0 aliphatic carbocycles. The lowest BCUT2D eigenvalue weighted by molar-refractivity contribution is -0.0351. The van der Waals surface area contributed by atoms with Gasteiger partial charge in [-0.2, -0.15) is 0 Å². The number of hydrogen-bond donors (Lipinski definition) is 1. The van der Waals surface area contributed by atoms with Gasteiger partial charge in [0.1, 0.15) is 11.9 Å². The zero-order valence-electron chi connectivity index (χ0n) is 13.0. The van der Waals surface area contributed by atoms with Crippen LogP contribution in [-0.4, -0.2) is 46.6 Å². The Morgan fingerprint density at radius 3 is 3.00 bits per heavy atom. The van der Waals surface area contributed by atoms with Crippen molar-refractivity contribution in [1.29, 1.82) is 0 Å². The fourth-order valence-electron chi connectivity index (χ4n) is 2.63. The lowest BCUT2D eigenvalue weighted by Crippen LogP contribution is -2.38. The summed E-state index contributed by atoms with van der Waals surface area (Å²) in [5.74, 6) is 0.931. The predicted octanol–water partition coefficient (Wildman–Crippen LogP) is 1.80. The van der Waals surface area contributed by atoms with E-state index in [-0.39, 0.29) is 6.10 Å². The van der Waals surface area contributed by atoms with Crippen molar-refractivity contribution in [2.45, 2.75) is 19.6 Å². The number of rotatable bonds is 4. The number of hydrogen-bond acceptors (Lipinski definition) is 6. The number of anilines is 1. The van der Waals surface area contributed by atoms with Crippen molar-refractivity contribution >= 4 is 5.82 Å². The molecule has 0 saturated carbocycles. The van der Waals surface area contributed by atoms with Crippen molar-refractivity contribution in [3.8, 4) is 0 Å². The van der Waals surface area contributed by atoms with Gasteiger partial charge in [-0.05, 0) is 13.0 Å². The first-order valence-electron chi connectivity index (χ1n) is 7.50. The van der Waals surface area contributed by atoms with Crippen molar-refractivity contribution in [2.24, 2.45) is 0 Å². The molecule has 1 atom stereocenters. The molecule has 1 unspecified atom stereocenters. The number of aryl methyl sites for hydroxylation is 1. The summed E-state index contributed by atoms with van der Waals surface area (Å²) in [7, 11) is 1.90. The van der Waals surface area contributed by atoms with E-state index < -0.39 is 0 Å². The largest absolute Gasteiger partial charge is 0.373 e. The molecule has 0 amide bonds. The van der Waals surface area contributed by atoms with Crippen LogP contribution >= 0.6 is 0 Å². The van der Waals surface area contributed by atoms with Gasteiger partial charge in [0.2, 0.25) is 0 Å². The van der Waals surface area contributed by atoms with Crippen molar-refractivity contribution < 1.29 is 4.74 Å². The molecular formula is C16H21N5O. The van der Waals surface area contributed by atoms with Crippen LogP contribution in [0.3, 0.4) is 0 Å². The minimum Gasteiger partial charge on any atom is -0.373 e. The third kappa shape index (κ3) is 3.40. The van der Waals surface area contributed by atoms with Crippen LogP contribution in [0.2, 0.25) is 0 Å². The quantitative estimate of drug-likeness (QED) is 0.929. The molecule has 1 saturated heterocycles. The molecule has 3 rings (SSSR count). The summed E-state index contributed by atoms with van der Waals surface area (Å²) in [6, 6.07) is 4.08. The molecule has 1 fully saturated rings. The fourth-order valence-corrected chi connectivity index (χ4v) is 2.63. The highest BCUT2D eigenvalue weighted by atomic mass is 16.5. The van der Waals surface area contributed by atoms with Gasteiger partial charge < -0.3 is 10.1 Å². The molecule has 116 valence electrons. The van der Waals surface area contributed by atoms with Crippen LogP contribution in [0.4, 0.5) is 5.82 Å². The summed E-state index contributed by atoms with van der Waals surface area (Å²) in [5, 5.41) is 3.14. The first-order valence-corrected chi connectivity index (χ1v) is 7.50. The highest BCUT2D eigenvalue weighted by Gasteiger charge is 2.23. The fraction of sp³-hybridized carbons (Fsp3) is 0.438. The van der Waals surface area contributed by atoms with E-state index in [4.69, 9.17) is 4.74 Å². The lowest BCUT2D eigenvalue weighted by Gasteiger charge is -2.32. The van der Waals surface area contributed by atoms with Crippen molar-refractivity contribution in [3.63, 3.8) is 0 Å². The average molecular weight is 299 g/mol. The third-order valence-electron chi connectivity index (χ3n) is 3.80. The summed E-state index contributed by atoms with van der Waals surface area (Å²) in [6.07, 6.45) is 5.39. The molecule has 0 bridgehead atoms. The molecule has 0 aromatic carbocycles. The van der Waals surface area contributed by atoms with Crippen LogP contribution in [0, 0.1) is 6.92 Å². The first kappa shape index (κ1) is 14.9. The van der Waals surface area contributed by atoms with Crippen LogP contribution in [0.15, 0.2) is 30.7 Å². The van der Waals surface area contributed by atoms with E-state index in [2.05, 4.69) is 31.2 Å². The van der Waals surface area contributed by atoms with Gasteiger partial charge in [0, 0.05) is 44.6 Å². The Balaban J connectivity index is 1.69. The van der Waals surface area contributed by atoms with Crippen molar-refractivity contribution in [2.75, 3.05) is 32.1 Å². The number of ether oxygens (including phenoxy) is 1. The van der Waals surface area contributed by atoms with Gasteiger partial charge in [-0.3, -0.25) is 14.9 Å². The smallest absolute Gasteiger partial charge is 0.130 e. The van der Waals surface area contributed by atoms with Gasteiger partial charge in [-0.15, -0.1) is 0 Å². The maximum atomic E-state index is 5.85. The molecule has 3 heterocycles. The summed E-state index contributed by atoms with van der Waals surface area (Å²) in [4.78, 5) is 15.5. The molecule has 0 radical (unpaired) electrons. The van der Waals surface area contributed by atoms with E-state index in [1.165, 1.54) is 5.56 Å². The molecule has 2 aromatic heterocycles. The molecule has 1 N–H and O–H groups in total. The van der Waals surface area contributed by atoms with Gasteiger partial charge >= 0.3 is 0 Å². The molecule has 1 aliphatic heterocycles. The molecule has 22 heavy (non-hydrogen) atoms. The molecule has 2 aromatic rings. The highest BCUT2D eigenvalue weighted by Crippen LogP contribution is 2.22. The minimum atomic E-state index is -0.0171. The zero-order valence-corrected chi connectivity index (χ0v) is 13.0. The summed E-state index contributed by atoms with van der Waals surface area (Å²) in [5.41, 5.74) is 3.02. The van der Waals surface area contributed by atoms with Crippen LogP contribution in [0.25, 0.3) is 0 Å². The van der Waals surface area contributed by atoms with Crippen LogP contribution in [0.5, 0.6) is 0 Å². The topological polar surface area (TPSA) is 63.2 Å². The number of morpholine rings is 1. The molecule has 6 nitrogen and oxygen atoms in total. The maximum Gasteiger partial charge on any atom is 0.130 e. The standard InChI is InChI=1S/C16H21N5O/c1-12-8-20-14(9-19-12)15-11-21(6-7-22-15)10-13-4-3-5-18-16(13)17-2/h3-5,8-9,15H,6-7,10-11H2,1-2H3,(H,17,18). The summed E-state index contributed by atoms with van der Waals surface area (Å²) in [6.45, 7) is 5.22. The van der Waals surface area contributed by atoms with E-state index in [9.17, 15) is 0 Å². The Morgan fingerprint density at radius 1 is 1.32 bits per heavy atom. The van der Waals surface area contributed by atoms with Gasteiger partial charge in [-0.25, -0.2) is 4.98 Å². The van der Waals surface area contributed by atoms with E-state index in [1.54, 1.807) is 12.4 Å². The number of aromatic nitrogens is 3. The Hall–Kier alpha value is -2.05. The second-order valence-corrected chi connectivity index (χ2v) is 5.44. The molecular weight excluding hydrogens is 278 g/mol. The molecule has 0 spiro atoms. The lowest BCUT2D eigenvalue weighted by atomic mass is 10.1. The predicted molar refractivity (Wildman–Crippen MR) is 84.5 cm³/mol. The van der Waals surface area contributed by atoms with E-state index in [1.807, 2.05) is 26.2 Å². The first-order chi connectivity index (χ1) is 10.8. The van der Waals surface area contributed by atoms with E-state index in [0.29, 0.717) is 6.61 Å². The Bertz CT molecular complexity index is 616. The van der Waals surface area contributed by atoms with Crippen LogP contribution in [-0.2, 0) is 11.3 Å². The second kappa shape index (κ2) is 6.81. The summed E-state index contributed by atoms with van der Waals surface area (Å²) < 4.78 is 5.85. The summed E-state index contributed by atoms with van der Waals surface area (Å²) >= 11 is 0. The Labute approximate surface area is 130 Å². The van der Waals surface area contributed by atoms with Gasteiger partial charge in [-0.1, -0.05) is 6.07 Å².